The Labute approximate surface area is 126 Å². The molecule has 0 radical (unpaired) electrons. The summed E-state index contributed by atoms with van der Waals surface area (Å²) in [7, 11) is 1.93. The summed E-state index contributed by atoms with van der Waals surface area (Å²) in [6.45, 7) is 6.22. The normalized spacial score (nSPS) is 16.8. The van der Waals surface area contributed by atoms with Gasteiger partial charge in [-0.1, -0.05) is 19.8 Å². The number of piperidine rings is 1. The average Bonchev–Trinajstić information content (AvgIpc) is 2.72. The molecule has 0 amide bonds. The predicted octanol–water partition coefficient (Wildman–Crippen LogP) is 2.84. The summed E-state index contributed by atoms with van der Waals surface area (Å²) in [5, 5.41) is 13.3. The Morgan fingerprint density at radius 2 is 2.10 bits per heavy atom. The van der Waals surface area contributed by atoms with Crippen molar-refractivity contribution in [2.24, 2.45) is 13.0 Å². The zero-order valence-corrected chi connectivity index (χ0v) is 13.2. The Bertz CT molecular complexity index is 526. The number of aliphatic carboxylic acids is 1. The first-order valence-electron chi connectivity index (χ1n) is 7.72. The quantitative estimate of drug-likeness (QED) is 0.848. The molecule has 0 atom stereocenters. The summed E-state index contributed by atoms with van der Waals surface area (Å²) in [6, 6.07) is 0. The van der Waals surface area contributed by atoms with E-state index in [4.69, 9.17) is 5.11 Å². The Morgan fingerprint density at radius 1 is 1.43 bits per heavy atom. The van der Waals surface area contributed by atoms with Gasteiger partial charge >= 0.3 is 5.97 Å². The fourth-order valence-corrected chi connectivity index (χ4v) is 3.23. The minimum absolute atomic E-state index is 0.832. The number of nitrogens with zero attached hydrogens (tertiary/aromatic N) is 3. The van der Waals surface area contributed by atoms with E-state index < -0.39 is 5.97 Å². The lowest BCUT2D eigenvalue weighted by Gasteiger charge is -2.33. The molecule has 0 aromatic carbocycles. The van der Waals surface area contributed by atoms with Crippen LogP contribution in [0.1, 0.15) is 43.9 Å². The molecular weight excluding hydrogens is 266 g/mol. The number of carboxylic acids is 1. The van der Waals surface area contributed by atoms with E-state index in [1.54, 1.807) is 6.08 Å². The summed E-state index contributed by atoms with van der Waals surface area (Å²) >= 11 is 0. The molecule has 1 aliphatic heterocycles. The van der Waals surface area contributed by atoms with Crippen molar-refractivity contribution in [2.45, 2.75) is 39.5 Å². The first-order valence-corrected chi connectivity index (χ1v) is 7.72. The number of aryl methyl sites for hydroxylation is 2. The second-order valence-electron chi connectivity index (χ2n) is 5.84. The molecule has 1 aromatic heterocycles. The maximum absolute atomic E-state index is 10.8. The molecule has 0 spiro atoms. The third-order valence-electron chi connectivity index (χ3n) is 4.24. The molecule has 0 unspecified atom stereocenters. The van der Waals surface area contributed by atoms with Gasteiger partial charge in [-0.25, -0.2) is 4.79 Å². The van der Waals surface area contributed by atoms with Crippen LogP contribution in [0.2, 0.25) is 0 Å². The topological polar surface area (TPSA) is 58.4 Å². The summed E-state index contributed by atoms with van der Waals surface area (Å²) in [6.07, 6.45) is 7.84. The lowest BCUT2D eigenvalue weighted by molar-refractivity contribution is -0.131. The van der Waals surface area contributed by atoms with Gasteiger partial charge in [0.1, 0.15) is 5.82 Å². The van der Waals surface area contributed by atoms with Gasteiger partial charge in [-0.2, -0.15) is 5.10 Å². The lowest BCUT2D eigenvalue weighted by Crippen LogP contribution is -2.35. The standard InChI is InChI=1S/C16H25N3O2/c1-4-5-13-8-10-19(11-9-13)16-14(6-7-15(20)21)12(2)17-18(16)3/h6-7,13H,4-5,8-11H2,1-3H3,(H,20,21). The minimum Gasteiger partial charge on any atom is -0.478 e. The average molecular weight is 291 g/mol. The minimum atomic E-state index is -0.925. The molecule has 21 heavy (non-hydrogen) atoms. The molecule has 1 saturated heterocycles. The van der Waals surface area contributed by atoms with Crippen LogP contribution in [0.5, 0.6) is 0 Å². The molecule has 2 heterocycles. The summed E-state index contributed by atoms with van der Waals surface area (Å²) in [4.78, 5) is 13.1. The third kappa shape index (κ3) is 3.65. The first-order chi connectivity index (χ1) is 10.0. The number of rotatable bonds is 5. The van der Waals surface area contributed by atoms with Crippen molar-refractivity contribution >= 4 is 17.9 Å². The third-order valence-corrected chi connectivity index (χ3v) is 4.24. The molecule has 0 saturated carbocycles. The molecular formula is C16H25N3O2. The van der Waals surface area contributed by atoms with Gasteiger partial charge in [-0.05, 0) is 31.8 Å². The van der Waals surface area contributed by atoms with Crippen molar-refractivity contribution < 1.29 is 9.90 Å². The number of hydrogen-bond donors (Lipinski definition) is 1. The van der Waals surface area contributed by atoms with Crippen LogP contribution in [0.25, 0.3) is 6.08 Å². The Morgan fingerprint density at radius 3 is 2.67 bits per heavy atom. The van der Waals surface area contributed by atoms with Gasteiger partial charge in [0, 0.05) is 31.8 Å². The SMILES string of the molecule is CCCC1CCN(c2c(C=CC(=O)O)c(C)nn2C)CC1. The molecule has 5 heteroatoms. The van der Waals surface area contributed by atoms with Gasteiger partial charge in [-0.3, -0.25) is 4.68 Å². The van der Waals surface area contributed by atoms with Crippen molar-refractivity contribution in [2.75, 3.05) is 18.0 Å². The highest BCUT2D eigenvalue weighted by atomic mass is 16.4. The fraction of sp³-hybridized carbons (Fsp3) is 0.625. The van der Waals surface area contributed by atoms with Crippen LogP contribution >= 0.6 is 0 Å². The monoisotopic (exact) mass is 291 g/mol. The van der Waals surface area contributed by atoms with Crippen LogP contribution < -0.4 is 4.90 Å². The zero-order valence-electron chi connectivity index (χ0n) is 13.2. The van der Waals surface area contributed by atoms with Gasteiger partial charge in [0.2, 0.25) is 0 Å². The van der Waals surface area contributed by atoms with Gasteiger partial charge in [-0.15, -0.1) is 0 Å². The van der Waals surface area contributed by atoms with Gasteiger partial charge < -0.3 is 10.0 Å². The number of carboxylic acid groups (broad SMARTS) is 1. The molecule has 0 bridgehead atoms. The second-order valence-corrected chi connectivity index (χ2v) is 5.84. The molecule has 1 fully saturated rings. The van der Waals surface area contributed by atoms with Crippen LogP contribution in [0.15, 0.2) is 6.08 Å². The number of aromatic nitrogens is 2. The fourth-order valence-electron chi connectivity index (χ4n) is 3.23. The van der Waals surface area contributed by atoms with Crippen molar-refractivity contribution in [3.63, 3.8) is 0 Å². The number of hydrogen-bond acceptors (Lipinski definition) is 3. The van der Waals surface area contributed by atoms with Crippen LogP contribution in [-0.4, -0.2) is 33.9 Å². The van der Waals surface area contributed by atoms with E-state index in [0.717, 1.165) is 36.1 Å². The van der Waals surface area contributed by atoms with Gasteiger partial charge in [0.15, 0.2) is 0 Å². The van der Waals surface area contributed by atoms with Crippen LogP contribution in [0.3, 0.4) is 0 Å². The Hall–Kier alpha value is -1.78. The number of anilines is 1. The number of carbonyl (C=O) groups is 1. The van der Waals surface area contributed by atoms with E-state index in [9.17, 15) is 4.79 Å². The zero-order chi connectivity index (χ0) is 15.4. The highest BCUT2D eigenvalue weighted by Crippen LogP contribution is 2.30. The van der Waals surface area contributed by atoms with Crippen molar-refractivity contribution in [3.8, 4) is 0 Å². The van der Waals surface area contributed by atoms with E-state index in [0.29, 0.717) is 0 Å². The second kappa shape index (κ2) is 6.78. The molecule has 1 N–H and O–H groups in total. The van der Waals surface area contributed by atoms with Gasteiger partial charge in [0.05, 0.1) is 5.69 Å². The smallest absolute Gasteiger partial charge is 0.328 e. The predicted molar refractivity (Wildman–Crippen MR) is 84.5 cm³/mol. The summed E-state index contributed by atoms with van der Waals surface area (Å²) in [5.41, 5.74) is 1.80. The largest absolute Gasteiger partial charge is 0.478 e. The Kier molecular flexibility index (Phi) is 5.04. The summed E-state index contributed by atoms with van der Waals surface area (Å²) < 4.78 is 1.87. The van der Waals surface area contributed by atoms with E-state index in [1.165, 1.54) is 31.8 Å². The molecule has 116 valence electrons. The maximum Gasteiger partial charge on any atom is 0.328 e. The van der Waals surface area contributed by atoms with Crippen LogP contribution in [0, 0.1) is 12.8 Å². The molecule has 0 aliphatic carbocycles. The summed E-state index contributed by atoms with van der Waals surface area (Å²) in [5.74, 6) is 0.949. The Balaban J connectivity index is 2.18. The van der Waals surface area contributed by atoms with Crippen LogP contribution in [-0.2, 0) is 11.8 Å². The van der Waals surface area contributed by atoms with Crippen molar-refractivity contribution in [3.05, 3.63) is 17.3 Å². The van der Waals surface area contributed by atoms with Crippen molar-refractivity contribution in [1.29, 1.82) is 0 Å². The molecule has 1 aliphatic rings. The highest BCUT2D eigenvalue weighted by Gasteiger charge is 2.23. The molecule has 2 rings (SSSR count). The van der Waals surface area contributed by atoms with Crippen LogP contribution in [0.4, 0.5) is 5.82 Å². The van der Waals surface area contributed by atoms with E-state index in [1.807, 2.05) is 18.7 Å². The molecule has 5 nitrogen and oxygen atoms in total. The lowest BCUT2D eigenvalue weighted by atomic mass is 9.92. The molecule has 1 aromatic rings. The maximum atomic E-state index is 10.8. The van der Waals surface area contributed by atoms with E-state index in [-0.39, 0.29) is 0 Å². The van der Waals surface area contributed by atoms with E-state index >= 15 is 0 Å². The first kappa shape index (κ1) is 15.6. The van der Waals surface area contributed by atoms with Crippen molar-refractivity contribution in [1.82, 2.24) is 9.78 Å². The van der Waals surface area contributed by atoms with E-state index in [2.05, 4.69) is 16.9 Å². The highest BCUT2D eigenvalue weighted by molar-refractivity contribution is 5.87. The van der Waals surface area contributed by atoms with Gasteiger partial charge in [0.25, 0.3) is 0 Å².